The van der Waals surface area contributed by atoms with Crippen molar-refractivity contribution in [3.63, 3.8) is 0 Å². The fourth-order valence-electron chi connectivity index (χ4n) is 0.595. The number of hydrogen-bond acceptors (Lipinski definition) is 8. The molecule has 96 valence electrons. The van der Waals surface area contributed by atoms with E-state index in [0.29, 0.717) is 0 Å². The van der Waals surface area contributed by atoms with Gasteiger partial charge in [-0.05, 0) is 0 Å². The van der Waals surface area contributed by atoms with Crippen LogP contribution in [0.25, 0.3) is 0 Å². The molecule has 0 saturated carbocycles. The van der Waals surface area contributed by atoms with Crippen molar-refractivity contribution in [2.24, 2.45) is 22.9 Å². The summed E-state index contributed by atoms with van der Waals surface area (Å²) in [4.78, 5) is 19.4. The Morgan fingerprint density at radius 1 is 0.833 bits per heavy atom. The molecule has 18 heavy (non-hydrogen) atoms. The maximum atomic E-state index is 9.72. The molecule has 0 aliphatic heterocycles. The van der Waals surface area contributed by atoms with Gasteiger partial charge >= 0.3 is 59.1 Å². The van der Waals surface area contributed by atoms with Crippen molar-refractivity contribution in [3.05, 3.63) is 0 Å². The van der Waals surface area contributed by atoms with Gasteiger partial charge < -0.3 is 42.7 Å². The molecule has 0 amide bonds. The molecular formula is C8H18N4Na2O4. The molecule has 0 aromatic rings. The predicted octanol–water partition coefficient (Wildman–Crippen LogP) is -11.2. The van der Waals surface area contributed by atoms with E-state index in [4.69, 9.17) is 22.9 Å². The quantitative estimate of drug-likeness (QED) is 0.345. The van der Waals surface area contributed by atoms with Crippen LogP contribution in [0.15, 0.2) is 0 Å². The normalized spacial score (nSPS) is 11.8. The number of carboxylic acids is 2. The molecule has 0 heterocycles. The smallest absolute Gasteiger partial charge is 0.550 e. The van der Waals surface area contributed by atoms with Gasteiger partial charge in [-0.15, -0.1) is 0 Å². The molecule has 0 rings (SSSR count). The van der Waals surface area contributed by atoms with Gasteiger partial charge in [0.15, 0.2) is 0 Å². The Kier molecular flexibility index (Phi) is 26.8. The average Bonchev–Trinajstić information content (AvgIpc) is 2.16. The summed E-state index contributed by atoms with van der Waals surface area (Å²) in [6.45, 7) is 0.377. The van der Waals surface area contributed by atoms with Crippen molar-refractivity contribution >= 4 is 11.9 Å². The van der Waals surface area contributed by atoms with Crippen LogP contribution < -0.4 is 92.3 Å². The van der Waals surface area contributed by atoms with Crippen LogP contribution in [0.2, 0.25) is 0 Å². The maximum absolute atomic E-state index is 9.72. The number of aliphatic carboxylic acids is 2. The van der Waals surface area contributed by atoms with Gasteiger partial charge in [-0.1, -0.05) is 0 Å². The van der Waals surface area contributed by atoms with E-state index in [1.807, 2.05) is 0 Å². The number of nitrogens with two attached hydrogens (primary N) is 4. The summed E-state index contributed by atoms with van der Waals surface area (Å²) >= 11 is 0. The first-order valence-corrected chi connectivity index (χ1v) is 4.64. The molecule has 2 unspecified atom stereocenters. The minimum Gasteiger partial charge on any atom is -0.550 e. The standard InChI is InChI=1S/2C4H10N2O2.2Na/c2*5-2-3(6)1-4(7)8;;/h2*3H,1-2,5-6H2,(H,7,8);;/q;;2*+1/p-2. The fraction of sp³-hybridized carbons (Fsp3) is 0.750. The van der Waals surface area contributed by atoms with E-state index in [0.717, 1.165) is 0 Å². The summed E-state index contributed by atoms with van der Waals surface area (Å²) in [5.74, 6) is -2.30. The molecule has 8 nitrogen and oxygen atoms in total. The summed E-state index contributed by atoms with van der Waals surface area (Å²) < 4.78 is 0. The molecule has 0 aliphatic carbocycles. The molecule has 0 spiro atoms. The van der Waals surface area contributed by atoms with Crippen molar-refractivity contribution in [1.29, 1.82) is 0 Å². The Morgan fingerprint density at radius 3 is 1.11 bits per heavy atom. The van der Waals surface area contributed by atoms with E-state index in [1.54, 1.807) is 0 Å². The van der Waals surface area contributed by atoms with Crippen molar-refractivity contribution in [1.82, 2.24) is 0 Å². The van der Waals surface area contributed by atoms with E-state index >= 15 is 0 Å². The van der Waals surface area contributed by atoms with Crippen LogP contribution in [0.4, 0.5) is 0 Å². The first-order chi connectivity index (χ1) is 7.33. The monoisotopic (exact) mass is 280 g/mol. The molecule has 10 heteroatoms. The molecule has 0 aromatic carbocycles. The second kappa shape index (κ2) is 17.8. The Balaban J connectivity index is -0.0000000980. The van der Waals surface area contributed by atoms with Gasteiger partial charge in [0.1, 0.15) is 0 Å². The van der Waals surface area contributed by atoms with Gasteiger partial charge in [0.25, 0.3) is 0 Å². The topological polar surface area (TPSA) is 184 Å². The molecule has 0 saturated heterocycles. The van der Waals surface area contributed by atoms with Gasteiger partial charge in [-0.3, -0.25) is 0 Å². The zero-order valence-corrected chi connectivity index (χ0v) is 14.9. The van der Waals surface area contributed by atoms with E-state index in [9.17, 15) is 19.8 Å². The summed E-state index contributed by atoms with van der Waals surface area (Å²) in [5.41, 5.74) is 20.3. The van der Waals surface area contributed by atoms with Crippen LogP contribution in [0.5, 0.6) is 0 Å². The Labute approximate surface area is 150 Å². The zero-order valence-electron chi connectivity index (χ0n) is 10.9. The van der Waals surface area contributed by atoms with Gasteiger partial charge in [0, 0.05) is 50.0 Å². The number of carbonyl (C=O) groups excluding carboxylic acids is 2. The number of hydrogen-bond donors (Lipinski definition) is 4. The molecule has 0 aliphatic rings. The maximum Gasteiger partial charge on any atom is 1.00 e. The number of rotatable bonds is 6. The van der Waals surface area contributed by atoms with Gasteiger partial charge in [0.2, 0.25) is 0 Å². The molecule has 0 fully saturated rings. The summed E-state index contributed by atoms with van der Waals surface area (Å²) in [6, 6.07) is -0.917. The van der Waals surface area contributed by atoms with Gasteiger partial charge in [0.05, 0.1) is 0 Å². The van der Waals surface area contributed by atoms with E-state index in [2.05, 4.69) is 0 Å². The Morgan fingerprint density at radius 2 is 1.06 bits per heavy atom. The Hall–Kier alpha value is 0.780. The van der Waals surface area contributed by atoms with Crippen LogP contribution in [0.1, 0.15) is 12.8 Å². The van der Waals surface area contributed by atoms with Crippen molar-refractivity contribution in [3.8, 4) is 0 Å². The van der Waals surface area contributed by atoms with Crippen molar-refractivity contribution in [2.45, 2.75) is 24.9 Å². The summed E-state index contributed by atoms with van der Waals surface area (Å²) in [6.07, 6.45) is -0.312. The second-order valence-corrected chi connectivity index (χ2v) is 3.14. The summed E-state index contributed by atoms with van der Waals surface area (Å²) in [7, 11) is 0. The van der Waals surface area contributed by atoms with Gasteiger partial charge in [-0.25, -0.2) is 0 Å². The minimum atomic E-state index is -1.15. The molecular weight excluding hydrogens is 262 g/mol. The summed E-state index contributed by atoms with van der Waals surface area (Å²) in [5, 5.41) is 19.4. The van der Waals surface area contributed by atoms with E-state index in [1.165, 1.54) is 0 Å². The third kappa shape index (κ3) is 25.6. The van der Waals surface area contributed by atoms with E-state index < -0.39 is 24.0 Å². The molecule has 0 aromatic heterocycles. The third-order valence-corrected chi connectivity index (χ3v) is 1.46. The minimum absolute atomic E-state index is 0. The first-order valence-electron chi connectivity index (χ1n) is 4.64. The first kappa shape index (κ1) is 27.2. The molecule has 0 bridgehead atoms. The molecule has 2 atom stereocenters. The van der Waals surface area contributed by atoms with Crippen LogP contribution >= 0.6 is 0 Å². The van der Waals surface area contributed by atoms with Crippen molar-refractivity contribution < 1.29 is 78.9 Å². The zero-order chi connectivity index (χ0) is 13.1. The van der Waals surface area contributed by atoms with Crippen LogP contribution in [-0.4, -0.2) is 37.1 Å². The van der Waals surface area contributed by atoms with Gasteiger partial charge in [-0.2, -0.15) is 0 Å². The van der Waals surface area contributed by atoms with Crippen LogP contribution in [0.3, 0.4) is 0 Å². The largest absolute Gasteiger partial charge is 1.00 e. The molecule has 0 radical (unpaired) electrons. The molecule has 8 N–H and O–H groups in total. The second-order valence-electron chi connectivity index (χ2n) is 3.14. The number of carbonyl (C=O) groups is 2. The predicted molar refractivity (Wildman–Crippen MR) is 53.3 cm³/mol. The van der Waals surface area contributed by atoms with Crippen LogP contribution in [-0.2, 0) is 9.59 Å². The van der Waals surface area contributed by atoms with E-state index in [-0.39, 0.29) is 85.0 Å². The number of carboxylic acid groups (broad SMARTS) is 2. The SMILES string of the molecule is NCC(N)CC(=O)[O-].NCC(N)CC(=O)[O-].[Na+].[Na+]. The Bertz CT molecular complexity index is 199. The fourth-order valence-corrected chi connectivity index (χ4v) is 0.595. The van der Waals surface area contributed by atoms with Crippen molar-refractivity contribution in [2.75, 3.05) is 13.1 Å². The average molecular weight is 280 g/mol. The third-order valence-electron chi connectivity index (χ3n) is 1.46. The van der Waals surface area contributed by atoms with Crippen LogP contribution in [0, 0.1) is 0 Å².